The molecule has 136 valence electrons. The fraction of sp³-hybridized carbons (Fsp3) is 0.667. The van der Waals surface area contributed by atoms with Gasteiger partial charge in [0, 0.05) is 11.6 Å². The first kappa shape index (κ1) is 21.2. The van der Waals surface area contributed by atoms with Gasteiger partial charge in [0.2, 0.25) is 0 Å². The van der Waals surface area contributed by atoms with Crippen molar-refractivity contribution in [1.82, 2.24) is 0 Å². The highest BCUT2D eigenvalue weighted by Crippen LogP contribution is 2.35. The fourth-order valence-corrected chi connectivity index (χ4v) is 3.40. The van der Waals surface area contributed by atoms with E-state index >= 15 is 0 Å². The second-order valence-corrected chi connectivity index (χ2v) is 7.68. The van der Waals surface area contributed by atoms with Crippen LogP contribution in [0.5, 0.6) is 0 Å². The van der Waals surface area contributed by atoms with E-state index in [2.05, 4.69) is 52.8 Å². The lowest BCUT2D eigenvalue weighted by Crippen LogP contribution is -2.13. The van der Waals surface area contributed by atoms with Gasteiger partial charge in [-0.15, -0.1) is 11.6 Å². The van der Waals surface area contributed by atoms with Gasteiger partial charge in [-0.3, -0.25) is 4.99 Å². The van der Waals surface area contributed by atoms with Crippen LogP contribution in [0.2, 0.25) is 0 Å². The first-order chi connectivity index (χ1) is 11.4. The van der Waals surface area contributed by atoms with Crippen LogP contribution in [0.3, 0.4) is 0 Å². The van der Waals surface area contributed by atoms with Gasteiger partial charge in [0.05, 0.1) is 5.69 Å². The van der Waals surface area contributed by atoms with E-state index in [1.807, 2.05) is 0 Å². The highest BCUT2D eigenvalue weighted by atomic mass is 35.5. The molecule has 0 saturated carbocycles. The van der Waals surface area contributed by atoms with Crippen molar-refractivity contribution in [3.8, 4) is 0 Å². The predicted octanol–water partition coefficient (Wildman–Crippen LogP) is 6.40. The minimum Gasteiger partial charge on any atom is -0.330 e. The van der Waals surface area contributed by atoms with Crippen LogP contribution in [0.15, 0.2) is 23.2 Å². The molecule has 0 fully saturated rings. The van der Waals surface area contributed by atoms with Crippen LogP contribution >= 0.6 is 11.6 Å². The van der Waals surface area contributed by atoms with E-state index in [0.717, 1.165) is 32.2 Å². The molecule has 0 aliphatic rings. The molecule has 0 radical (unpaired) electrons. The first-order valence-corrected chi connectivity index (χ1v) is 9.89. The Morgan fingerprint density at radius 1 is 1.04 bits per heavy atom. The van der Waals surface area contributed by atoms with Gasteiger partial charge in [-0.05, 0) is 61.6 Å². The monoisotopic (exact) mass is 350 g/mol. The van der Waals surface area contributed by atoms with Crippen LogP contribution in [0.1, 0.15) is 83.3 Å². The van der Waals surface area contributed by atoms with Crippen molar-refractivity contribution in [2.45, 2.75) is 72.1 Å². The van der Waals surface area contributed by atoms with E-state index in [9.17, 15) is 0 Å². The lowest BCUT2D eigenvalue weighted by molar-refractivity contribution is 0.559. The number of rotatable bonds is 10. The summed E-state index contributed by atoms with van der Waals surface area (Å²) < 4.78 is 0. The van der Waals surface area contributed by atoms with E-state index in [-0.39, 0.29) is 0 Å². The zero-order valence-electron chi connectivity index (χ0n) is 16.1. The molecule has 1 aromatic carbocycles. The highest BCUT2D eigenvalue weighted by Gasteiger charge is 2.16. The zero-order valence-corrected chi connectivity index (χ0v) is 16.9. The first-order valence-electron chi connectivity index (χ1n) is 9.36. The van der Waals surface area contributed by atoms with E-state index in [1.165, 1.54) is 22.5 Å². The van der Waals surface area contributed by atoms with E-state index in [4.69, 9.17) is 22.3 Å². The van der Waals surface area contributed by atoms with Gasteiger partial charge in [0.1, 0.15) is 0 Å². The molecule has 0 saturated heterocycles. The molecular formula is C21H35ClN2. The molecule has 0 amide bonds. The molecule has 1 unspecified atom stereocenters. The third-order valence-electron chi connectivity index (χ3n) is 4.69. The van der Waals surface area contributed by atoms with Gasteiger partial charge in [0.25, 0.3) is 0 Å². The largest absolute Gasteiger partial charge is 0.330 e. The Kier molecular flexibility index (Phi) is 9.61. The van der Waals surface area contributed by atoms with E-state index < -0.39 is 0 Å². The standard InChI is InChI=1S/C21H35ClN2/c1-15(2)19-10-8-11-20(16(3)4)21(19)24-17(5)18(12-13-22)9-6-7-14-23/h8,10-11,15-16,18H,6-7,9,12-14,23H2,1-5H3. The Morgan fingerprint density at radius 3 is 2.08 bits per heavy atom. The molecule has 2 N–H and O–H groups in total. The summed E-state index contributed by atoms with van der Waals surface area (Å²) >= 11 is 6.04. The smallest absolute Gasteiger partial charge is 0.0698 e. The van der Waals surface area contributed by atoms with Gasteiger partial charge in [-0.1, -0.05) is 52.3 Å². The summed E-state index contributed by atoms with van der Waals surface area (Å²) in [4.78, 5) is 5.13. The van der Waals surface area contributed by atoms with Crippen LogP contribution in [0.25, 0.3) is 0 Å². The van der Waals surface area contributed by atoms with Crippen molar-refractivity contribution in [2.75, 3.05) is 12.4 Å². The quantitative estimate of drug-likeness (QED) is 0.296. The molecule has 24 heavy (non-hydrogen) atoms. The third kappa shape index (κ3) is 6.22. The van der Waals surface area contributed by atoms with E-state index in [0.29, 0.717) is 23.6 Å². The number of para-hydroxylation sites is 1. The predicted molar refractivity (Wildman–Crippen MR) is 109 cm³/mol. The number of unbranched alkanes of at least 4 members (excludes halogenated alkanes) is 1. The van der Waals surface area contributed by atoms with Crippen molar-refractivity contribution in [3.63, 3.8) is 0 Å². The second kappa shape index (κ2) is 10.9. The highest BCUT2D eigenvalue weighted by molar-refractivity contribution is 6.18. The maximum atomic E-state index is 6.04. The second-order valence-electron chi connectivity index (χ2n) is 7.31. The van der Waals surface area contributed by atoms with Crippen LogP contribution in [0.4, 0.5) is 5.69 Å². The average molecular weight is 351 g/mol. The van der Waals surface area contributed by atoms with Crippen molar-refractivity contribution >= 4 is 23.0 Å². The molecule has 0 aliphatic carbocycles. The number of hydrogen-bond donors (Lipinski definition) is 1. The summed E-state index contributed by atoms with van der Waals surface area (Å²) in [7, 11) is 0. The number of halogens is 1. The number of hydrogen-bond acceptors (Lipinski definition) is 2. The maximum absolute atomic E-state index is 6.04. The van der Waals surface area contributed by atoms with Crippen LogP contribution in [-0.2, 0) is 0 Å². The molecule has 3 heteroatoms. The van der Waals surface area contributed by atoms with Crippen molar-refractivity contribution in [1.29, 1.82) is 0 Å². The van der Waals surface area contributed by atoms with Crippen LogP contribution in [0, 0.1) is 5.92 Å². The summed E-state index contributed by atoms with van der Waals surface area (Å²) in [6.07, 6.45) is 4.34. The summed E-state index contributed by atoms with van der Waals surface area (Å²) in [5, 5.41) is 0. The van der Waals surface area contributed by atoms with Crippen LogP contribution < -0.4 is 5.73 Å². The summed E-state index contributed by atoms with van der Waals surface area (Å²) in [5.41, 5.74) is 10.7. The molecule has 1 rings (SSSR count). The Morgan fingerprint density at radius 2 is 1.62 bits per heavy atom. The minimum absolute atomic E-state index is 0.453. The van der Waals surface area contributed by atoms with Gasteiger partial charge in [-0.25, -0.2) is 0 Å². The fourth-order valence-electron chi connectivity index (χ4n) is 3.14. The van der Waals surface area contributed by atoms with Gasteiger partial charge >= 0.3 is 0 Å². The molecule has 0 heterocycles. The Hall–Kier alpha value is -0.860. The van der Waals surface area contributed by atoms with Gasteiger partial charge in [-0.2, -0.15) is 0 Å². The molecule has 0 bridgehead atoms. The number of nitrogens with zero attached hydrogens (tertiary/aromatic N) is 1. The molecular weight excluding hydrogens is 316 g/mol. The third-order valence-corrected chi connectivity index (χ3v) is 4.90. The summed E-state index contributed by atoms with van der Waals surface area (Å²) in [6, 6.07) is 6.60. The number of alkyl halides is 1. The summed E-state index contributed by atoms with van der Waals surface area (Å²) in [6.45, 7) is 11.9. The molecule has 0 aromatic heterocycles. The van der Waals surface area contributed by atoms with Gasteiger partial charge in [0.15, 0.2) is 0 Å². The molecule has 1 atom stereocenters. The molecule has 0 aliphatic heterocycles. The number of aliphatic imine (C=N–C) groups is 1. The average Bonchev–Trinajstić information content (AvgIpc) is 2.53. The Bertz CT molecular complexity index is 494. The van der Waals surface area contributed by atoms with Crippen molar-refractivity contribution in [3.05, 3.63) is 29.3 Å². The Balaban J connectivity index is 3.19. The molecule has 2 nitrogen and oxygen atoms in total. The number of benzene rings is 1. The van der Waals surface area contributed by atoms with E-state index in [1.54, 1.807) is 0 Å². The lowest BCUT2D eigenvalue weighted by Gasteiger charge is -2.20. The maximum Gasteiger partial charge on any atom is 0.0698 e. The topological polar surface area (TPSA) is 38.4 Å². The Labute approximate surface area is 153 Å². The SMILES string of the molecule is CC(=Nc1c(C(C)C)cccc1C(C)C)C(CCCl)CCCCN. The summed E-state index contributed by atoms with van der Waals surface area (Å²) in [5.74, 6) is 2.08. The number of nitrogens with two attached hydrogens (primary N) is 1. The molecule has 0 spiro atoms. The normalized spacial score (nSPS) is 13.8. The van der Waals surface area contributed by atoms with Gasteiger partial charge < -0.3 is 5.73 Å². The minimum atomic E-state index is 0.453. The molecule has 1 aromatic rings. The zero-order chi connectivity index (χ0) is 18.1. The van der Waals surface area contributed by atoms with Crippen LogP contribution in [-0.4, -0.2) is 18.1 Å². The van der Waals surface area contributed by atoms with Crippen molar-refractivity contribution < 1.29 is 0 Å². The lowest BCUT2D eigenvalue weighted by atomic mass is 9.91. The van der Waals surface area contributed by atoms with Crippen molar-refractivity contribution in [2.24, 2.45) is 16.6 Å².